The van der Waals surface area contributed by atoms with Crippen LogP contribution in [0.2, 0.25) is 5.02 Å². The number of sulfonamides is 1. The maximum Gasteiger partial charge on any atom is 0.244 e. The number of hydrogen-bond donors (Lipinski definition) is 0. The molecule has 0 saturated carbocycles. The molecule has 1 aliphatic rings. The molecule has 1 aliphatic heterocycles. The standard InChI is InChI=1S/C11H13BrClNO4S2/c1-14(9-4-5-19(15,16)7-9)20(17,18)11-3-2-8(12)6-10(11)13/h2-3,6,9H,4-5,7H2,1H3. The van der Waals surface area contributed by atoms with Crippen LogP contribution in [-0.4, -0.2) is 45.7 Å². The molecule has 20 heavy (non-hydrogen) atoms. The molecule has 1 atom stereocenters. The average molecular weight is 403 g/mol. The van der Waals surface area contributed by atoms with Gasteiger partial charge in [-0.1, -0.05) is 27.5 Å². The lowest BCUT2D eigenvalue weighted by Crippen LogP contribution is -2.37. The number of benzene rings is 1. The lowest BCUT2D eigenvalue weighted by molar-refractivity contribution is 0.394. The topological polar surface area (TPSA) is 71.5 Å². The van der Waals surface area contributed by atoms with Crippen molar-refractivity contribution >= 4 is 47.4 Å². The Morgan fingerprint density at radius 2 is 2.05 bits per heavy atom. The Kier molecular flexibility index (Phi) is 4.52. The van der Waals surface area contributed by atoms with Gasteiger partial charge in [-0.05, 0) is 24.6 Å². The van der Waals surface area contributed by atoms with Crippen molar-refractivity contribution in [1.29, 1.82) is 0 Å². The summed E-state index contributed by atoms with van der Waals surface area (Å²) in [5.74, 6) is -0.123. The molecule has 9 heteroatoms. The normalized spacial score (nSPS) is 22.3. The molecule has 0 radical (unpaired) electrons. The molecule has 112 valence electrons. The molecule has 0 bridgehead atoms. The number of hydrogen-bond acceptors (Lipinski definition) is 4. The van der Waals surface area contributed by atoms with Crippen molar-refractivity contribution in [2.24, 2.45) is 0 Å². The van der Waals surface area contributed by atoms with Gasteiger partial charge >= 0.3 is 0 Å². The second kappa shape index (κ2) is 5.57. The maximum atomic E-state index is 12.5. The van der Waals surface area contributed by atoms with E-state index >= 15 is 0 Å². The molecule has 1 unspecified atom stereocenters. The first-order valence-electron chi connectivity index (χ1n) is 5.77. The van der Waals surface area contributed by atoms with Crippen molar-refractivity contribution in [3.63, 3.8) is 0 Å². The van der Waals surface area contributed by atoms with Crippen LogP contribution in [0.5, 0.6) is 0 Å². The summed E-state index contributed by atoms with van der Waals surface area (Å²) >= 11 is 9.18. The second-order valence-corrected chi connectivity index (χ2v) is 10.2. The fraction of sp³-hybridized carbons (Fsp3) is 0.455. The smallest absolute Gasteiger partial charge is 0.229 e. The van der Waals surface area contributed by atoms with Crippen molar-refractivity contribution in [1.82, 2.24) is 4.31 Å². The van der Waals surface area contributed by atoms with Gasteiger partial charge in [-0.15, -0.1) is 0 Å². The highest BCUT2D eigenvalue weighted by Crippen LogP contribution is 2.29. The lowest BCUT2D eigenvalue weighted by atomic mass is 10.3. The lowest BCUT2D eigenvalue weighted by Gasteiger charge is -2.23. The van der Waals surface area contributed by atoms with Gasteiger partial charge in [-0.3, -0.25) is 0 Å². The SMILES string of the molecule is CN(C1CCS(=O)(=O)C1)S(=O)(=O)c1ccc(Br)cc1Cl. The zero-order valence-electron chi connectivity index (χ0n) is 10.6. The van der Waals surface area contributed by atoms with E-state index in [4.69, 9.17) is 11.6 Å². The Balaban J connectivity index is 2.35. The van der Waals surface area contributed by atoms with Crippen molar-refractivity contribution in [2.45, 2.75) is 17.4 Å². The van der Waals surface area contributed by atoms with E-state index in [-0.39, 0.29) is 21.4 Å². The first-order chi connectivity index (χ1) is 9.13. The largest absolute Gasteiger partial charge is 0.244 e. The highest BCUT2D eigenvalue weighted by molar-refractivity contribution is 9.10. The van der Waals surface area contributed by atoms with Gasteiger partial charge in [0.25, 0.3) is 0 Å². The van der Waals surface area contributed by atoms with Crippen molar-refractivity contribution < 1.29 is 16.8 Å². The van der Waals surface area contributed by atoms with Gasteiger partial charge in [0.05, 0.1) is 16.5 Å². The Bertz CT molecular complexity index is 733. The van der Waals surface area contributed by atoms with E-state index in [0.717, 1.165) is 4.31 Å². The van der Waals surface area contributed by atoms with Crippen LogP contribution in [0.3, 0.4) is 0 Å². The number of sulfone groups is 1. The molecule has 1 saturated heterocycles. The number of rotatable bonds is 3. The summed E-state index contributed by atoms with van der Waals surface area (Å²) < 4.78 is 49.7. The molecule has 0 aliphatic carbocycles. The Labute approximate surface area is 132 Å². The van der Waals surface area contributed by atoms with Gasteiger partial charge < -0.3 is 0 Å². The minimum atomic E-state index is -3.80. The summed E-state index contributed by atoms with van der Waals surface area (Å²) in [6, 6.07) is 3.94. The molecule has 0 amide bonds. The highest BCUT2D eigenvalue weighted by Gasteiger charge is 2.37. The summed E-state index contributed by atoms with van der Waals surface area (Å²) in [4.78, 5) is -0.0193. The summed E-state index contributed by atoms with van der Waals surface area (Å²) in [5.41, 5.74) is 0. The minimum Gasteiger partial charge on any atom is -0.229 e. The minimum absolute atomic E-state index is 0.0193. The second-order valence-electron chi connectivity index (χ2n) is 4.65. The van der Waals surface area contributed by atoms with Crippen LogP contribution in [0.1, 0.15) is 6.42 Å². The molecule has 5 nitrogen and oxygen atoms in total. The van der Waals surface area contributed by atoms with E-state index in [1.165, 1.54) is 19.2 Å². The molecular formula is C11H13BrClNO4S2. The summed E-state index contributed by atoms with van der Waals surface area (Å²) in [7, 11) is -5.56. The van der Waals surface area contributed by atoms with E-state index in [1.807, 2.05) is 0 Å². The number of nitrogens with zero attached hydrogens (tertiary/aromatic N) is 1. The fourth-order valence-corrected chi connectivity index (χ4v) is 6.36. The van der Waals surface area contributed by atoms with E-state index < -0.39 is 25.9 Å². The Morgan fingerprint density at radius 1 is 1.40 bits per heavy atom. The third kappa shape index (κ3) is 3.19. The third-order valence-corrected chi connectivity index (χ3v) is 7.91. The number of halogens is 2. The molecule has 0 aromatic heterocycles. The average Bonchev–Trinajstić information content (AvgIpc) is 2.68. The summed E-state index contributed by atoms with van der Waals surface area (Å²) in [6.45, 7) is 0. The van der Waals surface area contributed by atoms with E-state index in [1.54, 1.807) is 6.07 Å². The molecule has 1 fully saturated rings. The van der Waals surface area contributed by atoms with Crippen LogP contribution < -0.4 is 0 Å². The first-order valence-corrected chi connectivity index (χ1v) is 10.2. The van der Waals surface area contributed by atoms with Gasteiger partial charge in [0.1, 0.15) is 4.90 Å². The molecule has 0 N–H and O–H groups in total. The van der Waals surface area contributed by atoms with Crippen LogP contribution in [0.4, 0.5) is 0 Å². The predicted molar refractivity (Wildman–Crippen MR) is 81.2 cm³/mol. The molecule has 1 aromatic carbocycles. The maximum absolute atomic E-state index is 12.5. The first kappa shape index (κ1) is 16.2. The van der Waals surface area contributed by atoms with Crippen LogP contribution in [0, 0.1) is 0 Å². The van der Waals surface area contributed by atoms with E-state index in [0.29, 0.717) is 10.9 Å². The summed E-state index contributed by atoms with van der Waals surface area (Å²) in [5, 5.41) is 0.104. The molecular weight excluding hydrogens is 390 g/mol. The Hall–Kier alpha value is -0.150. The fourth-order valence-electron chi connectivity index (χ4n) is 2.10. The van der Waals surface area contributed by atoms with Crippen molar-refractivity contribution in [3.05, 3.63) is 27.7 Å². The van der Waals surface area contributed by atoms with Crippen molar-refractivity contribution in [3.8, 4) is 0 Å². The van der Waals surface area contributed by atoms with E-state index in [2.05, 4.69) is 15.9 Å². The van der Waals surface area contributed by atoms with Crippen LogP contribution in [-0.2, 0) is 19.9 Å². The zero-order valence-corrected chi connectivity index (χ0v) is 14.6. The van der Waals surface area contributed by atoms with Crippen LogP contribution in [0.25, 0.3) is 0 Å². The molecule has 1 heterocycles. The zero-order chi connectivity index (χ0) is 15.1. The molecule has 2 rings (SSSR count). The van der Waals surface area contributed by atoms with Gasteiger partial charge in [0, 0.05) is 17.6 Å². The predicted octanol–water partition coefficient (Wildman–Crippen LogP) is 1.91. The third-order valence-electron chi connectivity index (χ3n) is 3.27. The van der Waals surface area contributed by atoms with Crippen molar-refractivity contribution in [2.75, 3.05) is 18.6 Å². The van der Waals surface area contributed by atoms with Gasteiger partial charge in [-0.2, -0.15) is 4.31 Å². The molecule has 1 aromatic rings. The molecule has 0 spiro atoms. The van der Waals surface area contributed by atoms with Crippen LogP contribution >= 0.6 is 27.5 Å². The van der Waals surface area contributed by atoms with Gasteiger partial charge in [0.2, 0.25) is 10.0 Å². The van der Waals surface area contributed by atoms with E-state index in [9.17, 15) is 16.8 Å². The quantitative estimate of drug-likeness (QED) is 0.774. The monoisotopic (exact) mass is 401 g/mol. The van der Waals surface area contributed by atoms with Crippen LogP contribution in [0.15, 0.2) is 27.6 Å². The van der Waals surface area contributed by atoms with Gasteiger partial charge in [0.15, 0.2) is 9.84 Å². The Morgan fingerprint density at radius 3 is 2.55 bits per heavy atom. The van der Waals surface area contributed by atoms with Gasteiger partial charge in [-0.25, -0.2) is 16.8 Å². The highest BCUT2D eigenvalue weighted by atomic mass is 79.9. The summed E-state index contributed by atoms with van der Waals surface area (Å²) in [6.07, 6.45) is 0.312.